The molecule has 1 atom stereocenters. The highest BCUT2D eigenvalue weighted by molar-refractivity contribution is 5.70. The summed E-state index contributed by atoms with van der Waals surface area (Å²) in [5.41, 5.74) is 6.84. The van der Waals surface area contributed by atoms with Crippen molar-refractivity contribution >= 4 is 5.97 Å². The zero-order chi connectivity index (χ0) is 11.4. The fourth-order valence-electron chi connectivity index (χ4n) is 1.31. The fraction of sp³-hybridized carbons (Fsp3) is 0.364. The van der Waals surface area contributed by atoms with Crippen LogP contribution in [0.25, 0.3) is 0 Å². The van der Waals surface area contributed by atoms with E-state index >= 15 is 0 Å². The smallest absolute Gasteiger partial charge is 0.307 e. The lowest BCUT2D eigenvalue weighted by molar-refractivity contribution is -0.141. The van der Waals surface area contributed by atoms with Crippen LogP contribution in [0.1, 0.15) is 23.6 Å². The predicted molar refractivity (Wildman–Crippen MR) is 54.7 cm³/mol. The maximum Gasteiger partial charge on any atom is 0.307 e. The van der Waals surface area contributed by atoms with Crippen molar-refractivity contribution in [2.24, 2.45) is 5.73 Å². The molecule has 1 rings (SSSR count). The van der Waals surface area contributed by atoms with Crippen molar-refractivity contribution in [3.63, 3.8) is 0 Å². The van der Waals surface area contributed by atoms with Crippen molar-refractivity contribution in [1.82, 2.24) is 0 Å². The van der Waals surface area contributed by atoms with Gasteiger partial charge in [0.2, 0.25) is 0 Å². The van der Waals surface area contributed by atoms with E-state index in [0.29, 0.717) is 5.56 Å². The topological polar surface area (TPSA) is 52.3 Å². The Balaban J connectivity index is 2.82. The number of aryl methyl sites for hydroxylation is 1. The first-order chi connectivity index (χ1) is 7.04. The van der Waals surface area contributed by atoms with E-state index in [0.717, 1.165) is 5.56 Å². The van der Waals surface area contributed by atoms with Gasteiger partial charge in [-0.2, -0.15) is 0 Å². The molecule has 0 radical (unpaired) electrons. The van der Waals surface area contributed by atoms with Crippen LogP contribution in [-0.2, 0) is 9.53 Å². The number of rotatable bonds is 3. The maximum atomic E-state index is 13.4. The van der Waals surface area contributed by atoms with Gasteiger partial charge in [-0.15, -0.1) is 0 Å². The molecule has 0 fully saturated rings. The molecule has 15 heavy (non-hydrogen) atoms. The number of ether oxygens (including phenoxy) is 1. The van der Waals surface area contributed by atoms with Gasteiger partial charge < -0.3 is 10.5 Å². The Morgan fingerprint density at radius 1 is 1.60 bits per heavy atom. The number of esters is 1. The second-order valence-electron chi connectivity index (χ2n) is 3.41. The van der Waals surface area contributed by atoms with Crippen LogP contribution in [0.2, 0.25) is 0 Å². The number of hydrogen-bond acceptors (Lipinski definition) is 3. The number of benzene rings is 1. The predicted octanol–water partition coefficient (Wildman–Crippen LogP) is 1.70. The molecule has 0 aliphatic heterocycles. The summed E-state index contributed by atoms with van der Waals surface area (Å²) in [4.78, 5) is 10.9. The Labute approximate surface area is 88.0 Å². The van der Waals surface area contributed by atoms with Gasteiger partial charge in [0.15, 0.2) is 0 Å². The van der Waals surface area contributed by atoms with E-state index in [-0.39, 0.29) is 12.2 Å². The van der Waals surface area contributed by atoms with Crippen LogP contribution < -0.4 is 5.73 Å². The van der Waals surface area contributed by atoms with Crippen molar-refractivity contribution in [2.75, 3.05) is 7.11 Å². The number of methoxy groups -OCH3 is 1. The molecule has 4 heteroatoms. The van der Waals surface area contributed by atoms with Gasteiger partial charge in [0.1, 0.15) is 5.82 Å². The number of hydrogen-bond donors (Lipinski definition) is 1. The summed E-state index contributed by atoms with van der Waals surface area (Å²) < 4.78 is 17.9. The van der Waals surface area contributed by atoms with Crippen LogP contribution in [0.3, 0.4) is 0 Å². The number of nitrogens with two attached hydrogens (primary N) is 1. The molecule has 0 spiro atoms. The summed E-state index contributed by atoms with van der Waals surface area (Å²) in [6.07, 6.45) is -0.0174. The highest BCUT2D eigenvalue weighted by atomic mass is 19.1. The molecular formula is C11H14FNO2. The van der Waals surface area contributed by atoms with Crippen LogP contribution in [0, 0.1) is 12.7 Å². The third-order valence-corrected chi connectivity index (χ3v) is 2.17. The Morgan fingerprint density at radius 3 is 2.80 bits per heavy atom. The van der Waals surface area contributed by atoms with Gasteiger partial charge in [0.25, 0.3) is 0 Å². The highest BCUT2D eigenvalue weighted by Crippen LogP contribution is 2.19. The number of carbonyl (C=O) groups is 1. The molecule has 2 N–H and O–H groups in total. The first-order valence-corrected chi connectivity index (χ1v) is 4.63. The molecular weight excluding hydrogens is 197 g/mol. The van der Waals surface area contributed by atoms with Crippen molar-refractivity contribution in [3.8, 4) is 0 Å². The first-order valence-electron chi connectivity index (χ1n) is 4.63. The second-order valence-corrected chi connectivity index (χ2v) is 3.41. The molecule has 3 nitrogen and oxygen atoms in total. The lowest BCUT2D eigenvalue weighted by Gasteiger charge is -2.11. The normalized spacial score (nSPS) is 12.3. The summed E-state index contributed by atoms with van der Waals surface area (Å²) in [6, 6.07) is 4.10. The van der Waals surface area contributed by atoms with Crippen LogP contribution in [0.4, 0.5) is 4.39 Å². The van der Waals surface area contributed by atoms with Gasteiger partial charge in [0.05, 0.1) is 13.5 Å². The number of halogens is 1. The Kier molecular flexibility index (Phi) is 3.80. The van der Waals surface area contributed by atoms with E-state index in [1.165, 1.54) is 13.2 Å². The van der Waals surface area contributed by atoms with Crippen molar-refractivity contribution < 1.29 is 13.9 Å². The summed E-state index contributed by atoms with van der Waals surface area (Å²) in [5.74, 6) is -0.825. The summed E-state index contributed by atoms with van der Waals surface area (Å²) in [5, 5.41) is 0. The van der Waals surface area contributed by atoms with Crippen molar-refractivity contribution in [2.45, 2.75) is 19.4 Å². The van der Waals surface area contributed by atoms with E-state index in [1.807, 2.05) is 0 Å². The van der Waals surface area contributed by atoms with E-state index < -0.39 is 12.0 Å². The maximum absolute atomic E-state index is 13.4. The lowest BCUT2D eigenvalue weighted by atomic mass is 10.0. The fourth-order valence-corrected chi connectivity index (χ4v) is 1.31. The summed E-state index contributed by atoms with van der Waals surface area (Å²) in [6.45, 7) is 1.79. The zero-order valence-electron chi connectivity index (χ0n) is 8.79. The first kappa shape index (κ1) is 11.7. The van der Waals surface area contributed by atoms with Gasteiger partial charge in [-0.25, -0.2) is 4.39 Å². The molecule has 1 aromatic carbocycles. The SMILES string of the molecule is COC(=O)C[C@H](N)c1ccc(C)cc1F. The van der Waals surface area contributed by atoms with E-state index in [2.05, 4.69) is 4.74 Å². The molecule has 0 heterocycles. The van der Waals surface area contributed by atoms with Gasteiger partial charge in [-0.1, -0.05) is 12.1 Å². The van der Waals surface area contributed by atoms with Crippen molar-refractivity contribution in [1.29, 1.82) is 0 Å². The average molecular weight is 211 g/mol. The monoisotopic (exact) mass is 211 g/mol. The quantitative estimate of drug-likeness (QED) is 0.774. The van der Waals surface area contributed by atoms with Crippen LogP contribution in [0.5, 0.6) is 0 Å². The molecule has 0 bridgehead atoms. The van der Waals surface area contributed by atoms with Gasteiger partial charge in [-0.05, 0) is 18.6 Å². The van der Waals surface area contributed by atoms with Gasteiger partial charge in [0, 0.05) is 11.6 Å². The van der Waals surface area contributed by atoms with Gasteiger partial charge >= 0.3 is 5.97 Å². The van der Waals surface area contributed by atoms with E-state index in [4.69, 9.17) is 5.73 Å². The molecule has 0 saturated heterocycles. The average Bonchev–Trinajstić information content (AvgIpc) is 2.17. The standard InChI is InChI=1S/C11H14FNO2/c1-7-3-4-8(9(12)5-7)10(13)6-11(14)15-2/h3-5,10H,6,13H2,1-2H3/t10-/m0/s1. The molecule has 0 amide bonds. The molecule has 0 aromatic heterocycles. The van der Waals surface area contributed by atoms with Crippen molar-refractivity contribution in [3.05, 3.63) is 35.1 Å². The third kappa shape index (κ3) is 3.02. The number of carbonyl (C=O) groups excluding carboxylic acids is 1. The van der Waals surface area contributed by atoms with E-state index in [1.54, 1.807) is 19.1 Å². The molecule has 82 valence electrons. The minimum absolute atomic E-state index is 0.0174. The minimum atomic E-state index is -0.655. The third-order valence-electron chi connectivity index (χ3n) is 2.17. The molecule has 1 aromatic rings. The lowest BCUT2D eigenvalue weighted by Crippen LogP contribution is -2.17. The second kappa shape index (κ2) is 4.89. The van der Waals surface area contributed by atoms with E-state index in [9.17, 15) is 9.18 Å². The summed E-state index contributed by atoms with van der Waals surface area (Å²) in [7, 11) is 1.28. The van der Waals surface area contributed by atoms with Crippen LogP contribution in [-0.4, -0.2) is 13.1 Å². The van der Waals surface area contributed by atoms with Crippen LogP contribution >= 0.6 is 0 Å². The highest BCUT2D eigenvalue weighted by Gasteiger charge is 2.15. The molecule has 0 unspecified atom stereocenters. The summed E-state index contributed by atoms with van der Waals surface area (Å²) >= 11 is 0. The molecule has 0 saturated carbocycles. The van der Waals surface area contributed by atoms with Crippen LogP contribution in [0.15, 0.2) is 18.2 Å². The zero-order valence-corrected chi connectivity index (χ0v) is 8.79. The Bertz CT molecular complexity index is 366. The Morgan fingerprint density at radius 2 is 2.27 bits per heavy atom. The minimum Gasteiger partial charge on any atom is -0.469 e. The molecule has 0 aliphatic rings. The van der Waals surface area contributed by atoms with Gasteiger partial charge in [-0.3, -0.25) is 4.79 Å². The molecule has 0 aliphatic carbocycles. The largest absolute Gasteiger partial charge is 0.469 e. The Hall–Kier alpha value is -1.42.